The van der Waals surface area contributed by atoms with E-state index in [1.54, 1.807) is 0 Å². The molecular weight excluding hydrogens is 279 g/mol. The number of halogens is 1. The zero-order chi connectivity index (χ0) is 10.1. The first kappa shape index (κ1) is 13.2. The number of alkyl halides is 1. The molecule has 1 atom stereocenters. The highest BCUT2D eigenvalue weighted by atomic mass is 127. The lowest BCUT2D eigenvalue weighted by Gasteiger charge is -2.12. The molecule has 0 fully saturated rings. The van der Waals surface area contributed by atoms with Crippen LogP contribution in [0.5, 0.6) is 0 Å². The second-order valence-corrected chi connectivity index (χ2v) is 4.12. The van der Waals surface area contributed by atoms with E-state index in [1.165, 1.54) is 10.8 Å². The van der Waals surface area contributed by atoms with E-state index in [0.29, 0.717) is 6.61 Å². The van der Waals surface area contributed by atoms with Crippen molar-refractivity contribution in [2.45, 2.75) is 39.5 Å². The highest BCUT2D eigenvalue weighted by Gasteiger charge is 2.16. The summed E-state index contributed by atoms with van der Waals surface area (Å²) in [5.41, 5.74) is 0. The van der Waals surface area contributed by atoms with E-state index in [-0.39, 0.29) is 11.9 Å². The quantitative estimate of drug-likeness (QED) is 0.312. The van der Waals surface area contributed by atoms with Crippen LogP contribution in [-0.4, -0.2) is 17.0 Å². The number of unbranched alkanes of at least 4 members (excludes halogenated alkanes) is 1. The Labute approximate surface area is 94.6 Å². The van der Waals surface area contributed by atoms with Gasteiger partial charge < -0.3 is 4.74 Å². The van der Waals surface area contributed by atoms with Crippen molar-refractivity contribution in [2.75, 3.05) is 11.0 Å². The monoisotopic (exact) mass is 298 g/mol. The fourth-order valence-corrected chi connectivity index (χ4v) is 1.77. The number of ether oxygens (including phenoxy) is 1. The van der Waals surface area contributed by atoms with Crippen LogP contribution in [0.3, 0.4) is 0 Å². The maximum atomic E-state index is 11.3. The smallest absolute Gasteiger partial charge is 0.308 e. The lowest BCUT2D eigenvalue weighted by molar-refractivity contribution is -0.148. The van der Waals surface area contributed by atoms with Gasteiger partial charge in [0.05, 0.1) is 12.5 Å². The maximum absolute atomic E-state index is 11.3. The van der Waals surface area contributed by atoms with Crippen molar-refractivity contribution in [3.63, 3.8) is 0 Å². The number of esters is 1. The second kappa shape index (κ2) is 8.78. The van der Waals surface area contributed by atoms with Gasteiger partial charge in [-0.15, -0.1) is 0 Å². The summed E-state index contributed by atoms with van der Waals surface area (Å²) >= 11 is 2.36. The van der Waals surface area contributed by atoms with Crippen LogP contribution in [0.4, 0.5) is 0 Å². The molecule has 0 radical (unpaired) electrons. The summed E-state index contributed by atoms with van der Waals surface area (Å²) < 4.78 is 6.16. The maximum Gasteiger partial charge on any atom is 0.308 e. The molecule has 0 aliphatic carbocycles. The summed E-state index contributed by atoms with van der Waals surface area (Å²) in [6.45, 7) is 4.41. The lowest BCUT2D eigenvalue weighted by Crippen LogP contribution is -2.17. The standard InChI is InChI=1S/C10H19IO2/c1-3-9(7-5-6-8-11)10(12)13-4-2/h9H,3-8H2,1-2H3. The van der Waals surface area contributed by atoms with Crippen LogP contribution in [-0.2, 0) is 9.53 Å². The summed E-state index contributed by atoms with van der Waals surface area (Å²) in [5, 5.41) is 0. The molecule has 0 aromatic carbocycles. The van der Waals surface area contributed by atoms with Crippen molar-refractivity contribution in [2.24, 2.45) is 5.92 Å². The summed E-state index contributed by atoms with van der Waals surface area (Å²) in [5.74, 6) is 0.112. The number of hydrogen-bond acceptors (Lipinski definition) is 2. The van der Waals surface area contributed by atoms with Gasteiger partial charge in [0, 0.05) is 0 Å². The molecule has 0 N–H and O–H groups in total. The van der Waals surface area contributed by atoms with Crippen molar-refractivity contribution in [1.82, 2.24) is 0 Å². The first-order valence-electron chi connectivity index (χ1n) is 4.98. The van der Waals surface area contributed by atoms with Crippen LogP contribution in [0.1, 0.15) is 39.5 Å². The van der Waals surface area contributed by atoms with E-state index in [2.05, 4.69) is 22.6 Å². The van der Waals surface area contributed by atoms with E-state index in [0.717, 1.165) is 19.3 Å². The van der Waals surface area contributed by atoms with E-state index in [9.17, 15) is 4.79 Å². The van der Waals surface area contributed by atoms with Crippen LogP contribution >= 0.6 is 22.6 Å². The Bertz CT molecular complexity index is 137. The van der Waals surface area contributed by atoms with Crippen molar-refractivity contribution >= 4 is 28.6 Å². The van der Waals surface area contributed by atoms with Crippen molar-refractivity contribution in [3.8, 4) is 0 Å². The molecular formula is C10H19IO2. The van der Waals surface area contributed by atoms with Gasteiger partial charge >= 0.3 is 5.97 Å². The summed E-state index contributed by atoms with van der Waals surface area (Å²) in [4.78, 5) is 11.3. The summed E-state index contributed by atoms with van der Waals surface area (Å²) in [7, 11) is 0. The largest absolute Gasteiger partial charge is 0.466 e. The molecule has 78 valence electrons. The first-order valence-corrected chi connectivity index (χ1v) is 6.51. The van der Waals surface area contributed by atoms with Gasteiger partial charge in [-0.1, -0.05) is 35.9 Å². The molecule has 0 spiro atoms. The predicted octanol–water partition coefficient (Wildman–Crippen LogP) is 3.18. The molecule has 0 saturated carbocycles. The van der Waals surface area contributed by atoms with Crippen LogP contribution < -0.4 is 0 Å². The summed E-state index contributed by atoms with van der Waals surface area (Å²) in [6.07, 6.45) is 4.23. The fraction of sp³-hybridized carbons (Fsp3) is 0.900. The Morgan fingerprint density at radius 2 is 2.08 bits per heavy atom. The molecule has 0 saturated heterocycles. The average Bonchev–Trinajstić information content (AvgIpc) is 2.13. The molecule has 0 heterocycles. The SMILES string of the molecule is CCOC(=O)C(CC)CCCCI. The van der Waals surface area contributed by atoms with E-state index in [1.807, 2.05) is 13.8 Å². The number of carbonyl (C=O) groups is 1. The zero-order valence-corrected chi connectivity index (χ0v) is 10.7. The predicted molar refractivity (Wildman–Crippen MR) is 63.2 cm³/mol. The van der Waals surface area contributed by atoms with Gasteiger partial charge in [0.2, 0.25) is 0 Å². The zero-order valence-electron chi connectivity index (χ0n) is 8.51. The van der Waals surface area contributed by atoms with Gasteiger partial charge in [-0.3, -0.25) is 4.79 Å². The van der Waals surface area contributed by atoms with E-state index >= 15 is 0 Å². The molecule has 0 rings (SSSR count). The van der Waals surface area contributed by atoms with E-state index < -0.39 is 0 Å². The van der Waals surface area contributed by atoms with Gasteiger partial charge in [0.1, 0.15) is 0 Å². The van der Waals surface area contributed by atoms with Gasteiger partial charge in [0.25, 0.3) is 0 Å². The van der Waals surface area contributed by atoms with Crippen molar-refractivity contribution < 1.29 is 9.53 Å². The lowest BCUT2D eigenvalue weighted by atomic mass is 10.00. The molecule has 0 amide bonds. The van der Waals surface area contributed by atoms with E-state index in [4.69, 9.17) is 4.74 Å². The van der Waals surface area contributed by atoms with Gasteiger partial charge in [-0.05, 0) is 30.6 Å². The molecule has 13 heavy (non-hydrogen) atoms. The van der Waals surface area contributed by atoms with Gasteiger partial charge in [-0.2, -0.15) is 0 Å². The molecule has 0 aliphatic rings. The highest BCUT2D eigenvalue weighted by molar-refractivity contribution is 14.1. The molecule has 0 aliphatic heterocycles. The molecule has 1 unspecified atom stereocenters. The number of hydrogen-bond donors (Lipinski definition) is 0. The minimum atomic E-state index is -0.0153. The Morgan fingerprint density at radius 1 is 1.38 bits per heavy atom. The van der Waals surface area contributed by atoms with Crippen molar-refractivity contribution in [3.05, 3.63) is 0 Å². The number of rotatable bonds is 7. The van der Waals surface area contributed by atoms with Crippen LogP contribution in [0.25, 0.3) is 0 Å². The Hall–Kier alpha value is 0.200. The Balaban J connectivity index is 3.67. The van der Waals surface area contributed by atoms with Crippen LogP contribution in [0.15, 0.2) is 0 Å². The molecule has 0 aromatic heterocycles. The Morgan fingerprint density at radius 3 is 2.54 bits per heavy atom. The van der Waals surface area contributed by atoms with Crippen LogP contribution in [0.2, 0.25) is 0 Å². The molecule has 2 nitrogen and oxygen atoms in total. The minimum absolute atomic E-state index is 0.0153. The third kappa shape index (κ3) is 6.29. The highest BCUT2D eigenvalue weighted by Crippen LogP contribution is 2.14. The normalized spacial score (nSPS) is 12.5. The third-order valence-electron chi connectivity index (χ3n) is 2.05. The van der Waals surface area contributed by atoms with Gasteiger partial charge in [0.15, 0.2) is 0 Å². The third-order valence-corrected chi connectivity index (χ3v) is 2.81. The molecule has 3 heteroatoms. The first-order chi connectivity index (χ1) is 6.26. The average molecular weight is 298 g/mol. The van der Waals surface area contributed by atoms with Gasteiger partial charge in [-0.25, -0.2) is 0 Å². The molecule has 0 bridgehead atoms. The second-order valence-electron chi connectivity index (χ2n) is 3.04. The fourth-order valence-electron chi connectivity index (χ4n) is 1.23. The number of carbonyl (C=O) groups excluding carboxylic acids is 1. The Kier molecular flexibility index (Phi) is 8.92. The van der Waals surface area contributed by atoms with Crippen molar-refractivity contribution in [1.29, 1.82) is 0 Å². The van der Waals surface area contributed by atoms with Crippen LogP contribution in [0, 0.1) is 5.92 Å². The molecule has 0 aromatic rings. The summed E-state index contributed by atoms with van der Waals surface area (Å²) in [6, 6.07) is 0. The minimum Gasteiger partial charge on any atom is -0.466 e. The topological polar surface area (TPSA) is 26.3 Å².